The van der Waals surface area contributed by atoms with Gasteiger partial charge in [0.15, 0.2) is 16.9 Å². The Bertz CT molecular complexity index is 1520. The molecule has 1 aliphatic rings. The number of halogens is 2. The average molecular weight is 543 g/mol. The van der Waals surface area contributed by atoms with E-state index in [2.05, 4.69) is 15.9 Å². The first kappa shape index (κ1) is 22.3. The van der Waals surface area contributed by atoms with Crippen molar-refractivity contribution in [2.75, 3.05) is 19.1 Å². The molecule has 1 aromatic heterocycles. The summed E-state index contributed by atoms with van der Waals surface area (Å²) in [5.74, 6) is 0.191. The van der Waals surface area contributed by atoms with E-state index in [4.69, 9.17) is 25.5 Å². The van der Waals surface area contributed by atoms with Crippen molar-refractivity contribution in [3.8, 4) is 17.2 Å². The Balaban J connectivity index is 1.82. The first-order valence-electron chi connectivity index (χ1n) is 10.1. The fourth-order valence-electron chi connectivity index (χ4n) is 4.18. The summed E-state index contributed by atoms with van der Waals surface area (Å²) in [7, 11) is 2.97. The molecular formula is C25H17BrClNO6. The minimum Gasteiger partial charge on any atom is -0.503 e. The van der Waals surface area contributed by atoms with Gasteiger partial charge in [0.25, 0.3) is 5.91 Å². The second-order valence-electron chi connectivity index (χ2n) is 7.64. The topological polar surface area (TPSA) is 89.2 Å². The van der Waals surface area contributed by atoms with Gasteiger partial charge in [-0.1, -0.05) is 11.6 Å². The Kier molecular flexibility index (Phi) is 5.50. The number of anilines is 1. The highest BCUT2D eigenvalue weighted by molar-refractivity contribution is 9.10. The third kappa shape index (κ3) is 3.41. The lowest BCUT2D eigenvalue weighted by Gasteiger charge is -2.26. The van der Waals surface area contributed by atoms with Gasteiger partial charge in [-0.2, -0.15) is 0 Å². The molecule has 1 unspecified atom stereocenters. The van der Waals surface area contributed by atoms with E-state index in [1.165, 1.54) is 18.1 Å². The molecule has 0 saturated heterocycles. The van der Waals surface area contributed by atoms with Crippen LogP contribution in [0.5, 0.6) is 17.2 Å². The summed E-state index contributed by atoms with van der Waals surface area (Å²) in [6, 6.07) is 14.0. The van der Waals surface area contributed by atoms with E-state index in [1.807, 2.05) is 0 Å². The zero-order chi connectivity index (χ0) is 24.1. The molecule has 0 bridgehead atoms. The molecule has 9 heteroatoms. The molecule has 4 aromatic rings. The van der Waals surface area contributed by atoms with Crippen LogP contribution in [0.2, 0.25) is 5.02 Å². The maximum atomic E-state index is 13.7. The number of rotatable bonds is 4. The lowest BCUT2D eigenvalue weighted by Crippen LogP contribution is -2.29. The van der Waals surface area contributed by atoms with Crippen molar-refractivity contribution in [1.29, 1.82) is 0 Å². The number of nitrogens with zero attached hydrogens (tertiary/aromatic N) is 1. The highest BCUT2D eigenvalue weighted by Crippen LogP contribution is 2.45. The lowest BCUT2D eigenvalue weighted by atomic mass is 9.97. The fourth-order valence-corrected chi connectivity index (χ4v) is 4.81. The molecule has 0 fully saturated rings. The number of methoxy groups -OCH3 is 2. The number of carbonyl (C=O) groups is 1. The van der Waals surface area contributed by atoms with E-state index >= 15 is 0 Å². The Morgan fingerprint density at radius 2 is 1.76 bits per heavy atom. The van der Waals surface area contributed by atoms with Gasteiger partial charge in [-0.15, -0.1) is 0 Å². The molecule has 3 aromatic carbocycles. The summed E-state index contributed by atoms with van der Waals surface area (Å²) in [4.78, 5) is 28.8. The summed E-state index contributed by atoms with van der Waals surface area (Å²) >= 11 is 9.47. The molecular weight excluding hydrogens is 526 g/mol. The largest absolute Gasteiger partial charge is 0.503 e. The van der Waals surface area contributed by atoms with Crippen LogP contribution in [0, 0.1) is 0 Å². The Morgan fingerprint density at radius 1 is 1.03 bits per heavy atom. The monoisotopic (exact) mass is 541 g/mol. The van der Waals surface area contributed by atoms with Gasteiger partial charge in [0.1, 0.15) is 11.3 Å². The number of benzene rings is 3. The van der Waals surface area contributed by atoms with Crippen molar-refractivity contribution in [3.05, 3.63) is 91.2 Å². The van der Waals surface area contributed by atoms with Crippen LogP contribution >= 0.6 is 27.5 Å². The molecule has 2 heterocycles. The predicted octanol–water partition coefficient (Wildman–Crippen LogP) is 5.68. The Hall–Kier alpha value is -3.49. The van der Waals surface area contributed by atoms with Crippen molar-refractivity contribution in [2.45, 2.75) is 6.04 Å². The van der Waals surface area contributed by atoms with Gasteiger partial charge in [-0.05, 0) is 76.1 Å². The first-order valence-corrected chi connectivity index (χ1v) is 11.3. The van der Waals surface area contributed by atoms with E-state index < -0.39 is 11.9 Å². The van der Waals surface area contributed by atoms with Crippen molar-refractivity contribution in [2.24, 2.45) is 0 Å². The van der Waals surface area contributed by atoms with Gasteiger partial charge in [0.05, 0.1) is 35.7 Å². The van der Waals surface area contributed by atoms with E-state index in [0.717, 1.165) is 0 Å². The third-order valence-electron chi connectivity index (χ3n) is 5.77. The van der Waals surface area contributed by atoms with Crippen LogP contribution in [0.4, 0.5) is 5.69 Å². The van der Waals surface area contributed by atoms with E-state index in [9.17, 15) is 14.7 Å². The highest BCUT2D eigenvalue weighted by Gasteiger charge is 2.44. The van der Waals surface area contributed by atoms with Gasteiger partial charge >= 0.3 is 0 Å². The molecule has 5 rings (SSSR count). The Morgan fingerprint density at radius 3 is 2.44 bits per heavy atom. The van der Waals surface area contributed by atoms with Crippen LogP contribution < -0.4 is 19.8 Å². The number of amides is 1. The second-order valence-corrected chi connectivity index (χ2v) is 8.93. The molecule has 1 atom stereocenters. The summed E-state index contributed by atoms with van der Waals surface area (Å²) in [5.41, 5.74) is 1.15. The quantitative estimate of drug-likeness (QED) is 0.357. The second kappa shape index (κ2) is 8.38. The van der Waals surface area contributed by atoms with Gasteiger partial charge in [-0.3, -0.25) is 14.5 Å². The fraction of sp³-hybridized carbons (Fsp3) is 0.120. The molecule has 0 saturated carbocycles. The van der Waals surface area contributed by atoms with Crippen LogP contribution in [-0.2, 0) is 0 Å². The first-order chi connectivity index (χ1) is 16.3. The minimum atomic E-state index is -0.846. The molecule has 1 aliphatic heterocycles. The minimum absolute atomic E-state index is 0.0520. The SMILES string of the molecule is COc1ccc(N2C(=O)c3oc4ccc(Cl)cc4c(=O)c3C2c2cc(Br)c(O)c(OC)c2)cc1. The molecule has 0 radical (unpaired) electrons. The molecule has 1 N–H and O–H groups in total. The average Bonchev–Trinajstić information content (AvgIpc) is 3.13. The molecule has 0 spiro atoms. The number of phenols is 1. The summed E-state index contributed by atoms with van der Waals surface area (Å²) < 4.78 is 16.8. The number of carbonyl (C=O) groups excluding carboxylic acids is 1. The zero-order valence-corrected chi connectivity index (χ0v) is 20.3. The molecule has 7 nitrogen and oxygen atoms in total. The van der Waals surface area contributed by atoms with Gasteiger partial charge in [-0.25, -0.2) is 0 Å². The molecule has 172 valence electrons. The molecule has 0 aliphatic carbocycles. The van der Waals surface area contributed by atoms with Crippen LogP contribution in [0.1, 0.15) is 27.7 Å². The van der Waals surface area contributed by atoms with Crippen LogP contribution in [0.3, 0.4) is 0 Å². The standard InChI is InChI=1S/C25H17BrClNO6/c1-32-15-6-4-14(5-7-15)28-21(12-9-17(26)23(30)19(10-12)33-2)20-22(29)16-11-13(27)3-8-18(16)34-24(20)25(28)31/h3-11,21,30H,1-2H3. The van der Waals surface area contributed by atoms with Crippen molar-refractivity contribution < 1.29 is 23.8 Å². The normalized spacial score (nSPS) is 15.0. The third-order valence-corrected chi connectivity index (χ3v) is 6.61. The summed E-state index contributed by atoms with van der Waals surface area (Å²) in [6.07, 6.45) is 0. The maximum absolute atomic E-state index is 13.7. The van der Waals surface area contributed by atoms with Gasteiger partial charge in [0, 0.05) is 10.7 Å². The smallest absolute Gasteiger partial charge is 0.295 e. The highest BCUT2D eigenvalue weighted by atomic mass is 79.9. The number of ether oxygens (including phenoxy) is 2. The van der Waals surface area contributed by atoms with Gasteiger partial charge in [0.2, 0.25) is 5.76 Å². The predicted molar refractivity (Wildman–Crippen MR) is 131 cm³/mol. The van der Waals surface area contributed by atoms with Crippen molar-refractivity contribution >= 4 is 50.1 Å². The number of hydrogen-bond acceptors (Lipinski definition) is 6. The summed E-state index contributed by atoms with van der Waals surface area (Å²) in [6.45, 7) is 0. The summed E-state index contributed by atoms with van der Waals surface area (Å²) in [5, 5.41) is 11.0. The van der Waals surface area contributed by atoms with E-state index in [1.54, 1.807) is 55.6 Å². The van der Waals surface area contributed by atoms with E-state index in [0.29, 0.717) is 26.5 Å². The van der Waals surface area contributed by atoms with Crippen molar-refractivity contribution in [1.82, 2.24) is 0 Å². The van der Waals surface area contributed by atoms with E-state index in [-0.39, 0.29) is 39.2 Å². The number of hydrogen-bond donors (Lipinski definition) is 1. The van der Waals surface area contributed by atoms with Crippen molar-refractivity contribution in [3.63, 3.8) is 0 Å². The lowest BCUT2D eigenvalue weighted by molar-refractivity contribution is 0.0971. The molecule has 34 heavy (non-hydrogen) atoms. The number of aromatic hydroxyl groups is 1. The maximum Gasteiger partial charge on any atom is 0.295 e. The number of fused-ring (bicyclic) bond motifs is 2. The van der Waals surface area contributed by atoms with Crippen LogP contribution in [-0.4, -0.2) is 25.2 Å². The zero-order valence-electron chi connectivity index (χ0n) is 18.0. The Labute approximate surface area is 207 Å². The van der Waals surface area contributed by atoms with Gasteiger partial charge < -0.3 is 19.0 Å². The number of phenolic OH excluding ortho intramolecular Hbond substituents is 1. The van der Waals surface area contributed by atoms with Crippen LogP contribution in [0.15, 0.2) is 68.3 Å². The molecule has 1 amide bonds. The van der Waals surface area contributed by atoms with Crippen LogP contribution in [0.25, 0.3) is 11.0 Å².